The van der Waals surface area contributed by atoms with Gasteiger partial charge in [0.15, 0.2) is 11.6 Å². The van der Waals surface area contributed by atoms with Gasteiger partial charge in [-0.05, 0) is 54.0 Å². The van der Waals surface area contributed by atoms with Gasteiger partial charge >= 0.3 is 0 Å². The fraction of sp³-hybridized carbons (Fsp3) is 0.111. The van der Waals surface area contributed by atoms with Gasteiger partial charge in [-0.2, -0.15) is 0 Å². The Morgan fingerprint density at radius 1 is 1.12 bits per heavy atom. The fourth-order valence-corrected chi connectivity index (χ4v) is 3.10. The smallest absolute Gasteiger partial charge is 0.261 e. The third kappa shape index (κ3) is 2.41. The minimum Gasteiger partial charge on any atom is -0.292 e. The molecule has 1 aliphatic heterocycles. The first-order valence-corrected chi connectivity index (χ1v) is 7.77. The molecular weight excluding hydrogens is 334 g/mol. The van der Waals surface area contributed by atoms with Crippen LogP contribution >= 0.6 is 11.6 Å². The largest absolute Gasteiger partial charge is 0.292 e. The highest BCUT2D eigenvalue weighted by Gasteiger charge is 2.21. The standard InChI is InChI=1S/C18H11ClF2N2O/c19-12-2-3-13-16(9-12)22-17-11(5-6-23(17)18(13)24)7-10-1-4-14(20)15(21)8-10/h1-4,7-9H,5-6H2/b11-7+. The van der Waals surface area contributed by atoms with Crippen molar-refractivity contribution >= 4 is 34.2 Å². The molecule has 1 aromatic heterocycles. The number of rotatable bonds is 1. The first-order valence-electron chi connectivity index (χ1n) is 7.39. The van der Waals surface area contributed by atoms with Gasteiger partial charge in [-0.25, -0.2) is 13.8 Å². The van der Waals surface area contributed by atoms with Crippen LogP contribution in [-0.2, 0) is 6.54 Å². The molecular formula is C18H11ClF2N2O. The normalized spacial score (nSPS) is 15.2. The summed E-state index contributed by atoms with van der Waals surface area (Å²) in [5.74, 6) is -1.25. The third-order valence-corrected chi connectivity index (χ3v) is 4.33. The highest BCUT2D eigenvalue weighted by atomic mass is 35.5. The summed E-state index contributed by atoms with van der Waals surface area (Å²) in [5, 5.41) is 1.01. The van der Waals surface area contributed by atoms with E-state index in [0.29, 0.717) is 40.3 Å². The van der Waals surface area contributed by atoms with Crippen LogP contribution in [-0.4, -0.2) is 9.55 Å². The molecule has 0 saturated heterocycles. The number of allylic oxidation sites excluding steroid dienone is 1. The van der Waals surface area contributed by atoms with Gasteiger partial charge in [-0.15, -0.1) is 0 Å². The predicted octanol–water partition coefficient (Wildman–Crippen LogP) is 4.27. The Hall–Kier alpha value is -2.53. The van der Waals surface area contributed by atoms with Crippen molar-refractivity contribution in [2.45, 2.75) is 13.0 Å². The Morgan fingerprint density at radius 3 is 2.75 bits per heavy atom. The van der Waals surface area contributed by atoms with E-state index in [2.05, 4.69) is 4.98 Å². The molecule has 6 heteroatoms. The van der Waals surface area contributed by atoms with Crippen LogP contribution in [0.5, 0.6) is 0 Å². The molecule has 0 N–H and O–H groups in total. The summed E-state index contributed by atoms with van der Waals surface area (Å²) in [6.07, 6.45) is 2.33. The van der Waals surface area contributed by atoms with E-state index >= 15 is 0 Å². The molecule has 0 bridgehead atoms. The van der Waals surface area contributed by atoms with Crippen LogP contribution in [0, 0.1) is 11.6 Å². The Kier molecular flexibility index (Phi) is 3.46. The van der Waals surface area contributed by atoms with Crippen molar-refractivity contribution in [1.29, 1.82) is 0 Å². The molecule has 3 nitrogen and oxygen atoms in total. The van der Waals surface area contributed by atoms with E-state index in [9.17, 15) is 13.6 Å². The zero-order chi connectivity index (χ0) is 16.8. The van der Waals surface area contributed by atoms with Crippen LogP contribution in [0.1, 0.15) is 17.8 Å². The number of fused-ring (bicyclic) bond motifs is 2. The van der Waals surface area contributed by atoms with E-state index in [1.54, 1.807) is 28.8 Å². The molecule has 0 fully saturated rings. The lowest BCUT2D eigenvalue weighted by molar-refractivity contribution is 0.508. The highest BCUT2D eigenvalue weighted by molar-refractivity contribution is 6.31. The Bertz CT molecular complexity index is 1070. The molecule has 0 saturated carbocycles. The summed E-state index contributed by atoms with van der Waals surface area (Å²) in [5.41, 5.74) is 1.73. The number of benzene rings is 2. The van der Waals surface area contributed by atoms with E-state index in [-0.39, 0.29) is 5.56 Å². The summed E-state index contributed by atoms with van der Waals surface area (Å²) >= 11 is 5.98. The molecule has 0 radical (unpaired) electrons. The molecule has 2 heterocycles. The van der Waals surface area contributed by atoms with Crippen molar-refractivity contribution in [2.75, 3.05) is 0 Å². The van der Waals surface area contributed by atoms with Crippen molar-refractivity contribution in [3.8, 4) is 0 Å². The van der Waals surface area contributed by atoms with Crippen molar-refractivity contribution < 1.29 is 8.78 Å². The van der Waals surface area contributed by atoms with Gasteiger partial charge in [0.2, 0.25) is 0 Å². The second-order valence-electron chi connectivity index (χ2n) is 5.65. The second kappa shape index (κ2) is 5.53. The number of halogens is 3. The lowest BCUT2D eigenvalue weighted by Crippen LogP contribution is -2.20. The average molecular weight is 345 g/mol. The molecule has 120 valence electrons. The summed E-state index contributed by atoms with van der Waals surface area (Å²) in [4.78, 5) is 17.1. The number of hydrogen-bond donors (Lipinski definition) is 0. The number of nitrogens with zero attached hydrogens (tertiary/aromatic N) is 2. The minimum absolute atomic E-state index is 0.125. The summed E-state index contributed by atoms with van der Waals surface area (Å²) in [6.45, 7) is 0.509. The predicted molar refractivity (Wildman–Crippen MR) is 89.9 cm³/mol. The molecule has 1 aliphatic rings. The maximum atomic E-state index is 13.4. The summed E-state index contributed by atoms with van der Waals surface area (Å²) in [7, 11) is 0. The highest BCUT2D eigenvalue weighted by Crippen LogP contribution is 2.28. The van der Waals surface area contributed by atoms with E-state index in [1.165, 1.54) is 6.07 Å². The van der Waals surface area contributed by atoms with Crippen molar-refractivity contribution in [1.82, 2.24) is 9.55 Å². The van der Waals surface area contributed by atoms with Crippen LogP contribution < -0.4 is 5.56 Å². The van der Waals surface area contributed by atoms with Gasteiger partial charge in [0, 0.05) is 11.6 Å². The minimum atomic E-state index is -0.905. The molecule has 3 aromatic rings. The lowest BCUT2D eigenvalue weighted by atomic mass is 10.1. The quantitative estimate of drug-likeness (QED) is 0.660. The van der Waals surface area contributed by atoms with Crippen LogP contribution in [0.25, 0.3) is 22.6 Å². The zero-order valence-corrected chi connectivity index (χ0v) is 13.1. The number of aromatic nitrogens is 2. The zero-order valence-electron chi connectivity index (χ0n) is 12.4. The van der Waals surface area contributed by atoms with E-state index in [0.717, 1.165) is 17.7 Å². The van der Waals surface area contributed by atoms with E-state index in [4.69, 9.17) is 11.6 Å². The topological polar surface area (TPSA) is 34.9 Å². The maximum absolute atomic E-state index is 13.4. The molecule has 4 rings (SSSR count). The first kappa shape index (κ1) is 15.0. The van der Waals surface area contributed by atoms with Gasteiger partial charge < -0.3 is 0 Å². The van der Waals surface area contributed by atoms with Crippen LogP contribution in [0.3, 0.4) is 0 Å². The van der Waals surface area contributed by atoms with Crippen LogP contribution in [0.15, 0.2) is 41.2 Å². The molecule has 0 spiro atoms. The van der Waals surface area contributed by atoms with Gasteiger partial charge in [0.25, 0.3) is 5.56 Å². The molecule has 24 heavy (non-hydrogen) atoms. The maximum Gasteiger partial charge on any atom is 0.261 e. The van der Waals surface area contributed by atoms with E-state index < -0.39 is 11.6 Å². The van der Waals surface area contributed by atoms with Crippen molar-refractivity contribution in [2.24, 2.45) is 0 Å². The monoisotopic (exact) mass is 344 g/mol. The SMILES string of the molecule is O=c1c2ccc(Cl)cc2nc2n1CC/C2=C\c1ccc(F)c(F)c1. The van der Waals surface area contributed by atoms with Crippen molar-refractivity contribution in [3.63, 3.8) is 0 Å². The summed E-state index contributed by atoms with van der Waals surface area (Å²) < 4.78 is 28.0. The van der Waals surface area contributed by atoms with Crippen LogP contribution in [0.4, 0.5) is 8.78 Å². The first-order chi connectivity index (χ1) is 11.5. The third-order valence-electron chi connectivity index (χ3n) is 4.09. The Morgan fingerprint density at radius 2 is 1.96 bits per heavy atom. The average Bonchev–Trinajstić information content (AvgIpc) is 2.94. The molecule has 0 unspecified atom stereocenters. The number of hydrogen-bond acceptors (Lipinski definition) is 2. The molecule has 0 amide bonds. The molecule has 0 aliphatic carbocycles. The van der Waals surface area contributed by atoms with Gasteiger partial charge in [0.1, 0.15) is 5.82 Å². The van der Waals surface area contributed by atoms with E-state index in [1.807, 2.05) is 0 Å². The Balaban J connectivity index is 1.89. The van der Waals surface area contributed by atoms with Crippen molar-refractivity contribution in [3.05, 3.63) is 74.8 Å². The summed E-state index contributed by atoms with van der Waals surface area (Å²) in [6, 6.07) is 8.67. The fourth-order valence-electron chi connectivity index (χ4n) is 2.93. The second-order valence-corrected chi connectivity index (χ2v) is 6.08. The lowest BCUT2D eigenvalue weighted by Gasteiger charge is -2.06. The Labute approximate surface area is 140 Å². The van der Waals surface area contributed by atoms with Gasteiger partial charge in [-0.3, -0.25) is 9.36 Å². The van der Waals surface area contributed by atoms with Gasteiger partial charge in [-0.1, -0.05) is 17.7 Å². The molecule has 2 aromatic carbocycles. The van der Waals surface area contributed by atoms with Gasteiger partial charge in [0.05, 0.1) is 10.9 Å². The van der Waals surface area contributed by atoms with Crippen LogP contribution in [0.2, 0.25) is 5.02 Å². The molecule has 0 atom stereocenters.